The maximum Gasteiger partial charge on any atom is 0.694 e. The number of hydrogen-bond acceptors (Lipinski definition) is 5. The molecule has 4 N–H and O–H groups in total. The van der Waals surface area contributed by atoms with Gasteiger partial charge in [-0.1, -0.05) is 12.8 Å². The smallest absolute Gasteiger partial charge is 0.352 e. The second kappa shape index (κ2) is 9.69. The van der Waals surface area contributed by atoms with E-state index in [4.69, 9.17) is 10.0 Å². The molecule has 1 atom stereocenters. The molecule has 0 saturated heterocycles. The van der Waals surface area contributed by atoms with Crippen LogP contribution in [0, 0.1) is 0 Å². The van der Waals surface area contributed by atoms with Crippen LogP contribution in [0.4, 0.5) is 0 Å². The number of primary sulfonamides is 1. The Balaban J connectivity index is 2.23. The lowest BCUT2D eigenvalue weighted by Crippen LogP contribution is -2.24. The quantitative estimate of drug-likeness (QED) is 0.423. The van der Waals surface area contributed by atoms with Gasteiger partial charge in [-0.25, -0.2) is 13.6 Å². The standard InChI is InChI=1S/C13H19N2O6PS/c14-23(19,20)12-7-5-11(6-8-12)13(16)15-9-3-1-2-4-10-21-22(17)18/h5-8H,1-4,9-10H2,(H3-,14,15,16,17,18,19,20)/p+1. The van der Waals surface area contributed by atoms with Crippen LogP contribution in [0.2, 0.25) is 0 Å². The van der Waals surface area contributed by atoms with Gasteiger partial charge in [0.25, 0.3) is 5.91 Å². The van der Waals surface area contributed by atoms with Gasteiger partial charge < -0.3 is 5.32 Å². The Labute approximate surface area is 136 Å². The average molecular weight is 363 g/mol. The van der Waals surface area contributed by atoms with Crippen LogP contribution in [0.3, 0.4) is 0 Å². The van der Waals surface area contributed by atoms with Crippen LogP contribution in [0.1, 0.15) is 36.0 Å². The molecule has 0 bridgehead atoms. The Hall–Kier alpha value is -1.38. The summed E-state index contributed by atoms with van der Waals surface area (Å²) in [6.45, 7) is 0.735. The van der Waals surface area contributed by atoms with Crippen molar-refractivity contribution >= 4 is 24.2 Å². The van der Waals surface area contributed by atoms with Gasteiger partial charge in [0.1, 0.15) is 6.61 Å². The van der Waals surface area contributed by atoms with Crippen LogP contribution >= 0.6 is 8.25 Å². The van der Waals surface area contributed by atoms with Crippen LogP contribution in [0.15, 0.2) is 29.2 Å². The topological polar surface area (TPSA) is 136 Å². The fourth-order valence-corrected chi connectivity index (χ4v) is 2.62. The summed E-state index contributed by atoms with van der Waals surface area (Å²) in [6.07, 6.45) is 3.15. The maximum absolute atomic E-state index is 11.8. The average Bonchev–Trinajstić information content (AvgIpc) is 2.48. The van der Waals surface area contributed by atoms with Gasteiger partial charge in [0.05, 0.1) is 4.90 Å². The first kappa shape index (κ1) is 19.7. The van der Waals surface area contributed by atoms with Crippen LogP contribution in [0.25, 0.3) is 0 Å². The third-order valence-electron chi connectivity index (χ3n) is 3.00. The molecular weight excluding hydrogens is 343 g/mol. The van der Waals surface area contributed by atoms with E-state index < -0.39 is 18.3 Å². The molecule has 1 amide bonds. The molecule has 0 aliphatic carbocycles. The number of amides is 1. The third-order valence-corrected chi connectivity index (χ3v) is 4.34. The highest BCUT2D eigenvalue weighted by Crippen LogP contribution is 2.15. The summed E-state index contributed by atoms with van der Waals surface area (Å²) in [5.74, 6) is -0.286. The Morgan fingerprint density at radius 2 is 1.78 bits per heavy atom. The minimum atomic E-state index is -3.76. The number of carbonyl (C=O) groups excluding carboxylic acids is 1. The highest BCUT2D eigenvalue weighted by Gasteiger charge is 2.11. The fourth-order valence-electron chi connectivity index (χ4n) is 1.82. The van der Waals surface area contributed by atoms with Crippen molar-refractivity contribution in [2.45, 2.75) is 30.6 Å². The van der Waals surface area contributed by atoms with Crippen molar-refractivity contribution in [2.24, 2.45) is 5.14 Å². The summed E-state index contributed by atoms with van der Waals surface area (Å²) < 4.78 is 37.0. The van der Waals surface area contributed by atoms with E-state index in [0.29, 0.717) is 18.5 Å². The van der Waals surface area contributed by atoms with Crippen molar-refractivity contribution in [3.63, 3.8) is 0 Å². The van der Waals surface area contributed by atoms with E-state index in [1.54, 1.807) is 0 Å². The lowest BCUT2D eigenvalue weighted by molar-refractivity contribution is 0.0952. The Morgan fingerprint density at radius 1 is 1.17 bits per heavy atom. The Bertz CT molecular complexity index is 632. The molecule has 128 valence electrons. The molecule has 1 rings (SSSR count). The second-order valence-electron chi connectivity index (χ2n) is 4.81. The minimum absolute atomic E-state index is 0.0408. The predicted octanol–water partition coefficient (Wildman–Crippen LogP) is 1.29. The summed E-state index contributed by atoms with van der Waals surface area (Å²) in [5, 5.41) is 7.71. The zero-order chi connectivity index (χ0) is 17.3. The zero-order valence-electron chi connectivity index (χ0n) is 12.5. The van der Waals surface area contributed by atoms with Gasteiger partial charge in [-0.2, -0.15) is 0 Å². The summed E-state index contributed by atoms with van der Waals surface area (Å²) in [4.78, 5) is 20.2. The molecule has 0 saturated carbocycles. The van der Waals surface area contributed by atoms with E-state index in [0.717, 1.165) is 19.3 Å². The number of carbonyl (C=O) groups is 1. The second-order valence-corrected chi connectivity index (χ2v) is 7.11. The van der Waals surface area contributed by atoms with Crippen molar-refractivity contribution in [2.75, 3.05) is 13.2 Å². The van der Waals surface area contributed by atoms with Gasteiger partial charge in [-0.15, -0.1) is 9.42 Å². The van der Waals surface area contributed by atoms with Gasteiger partial charge in [-0.05, 0) is 37.1 Å². The van der Waals surface area contributed by atoms with Gasteiger partial charge in [0.15, 0.2) is 0 Å². The number of sulfonamides is 1. The summed E-state index contributed by atoms with van der Waals surface area (Å²) in [6, 6.07) is 5.39. The number of benzene rings is 1. The van der Waals surface area contributed by atoms with Crippen molar-refractivity contribution in [1.29, 1.82) is 0 Å². The zero-order valence-corrected chi connectivity index (χ0v) is 14.2. The van der Waals surface area contributed by atoms with Crippen molar-refractivity contribution < 1.29 is 27.2 Å². The number of hydrogen-bond donors (Lipinski definition) is 3. The molecule has 0 fully saturated rings. The highest BCUT2D eigenvalue weighted by atomic mass is 32.2. The molecule has 1 unspecified atom stereocenters. The summed E-state index contributed by atoms with van der Waals surface area (Å²) >= 11 is 0. The monoisotopic (exact) mass is 363 g/mol. The van der Waals surface area contributed by atoms with E-state index in [1.165, 1.54) is 24.3 Å². The predicted molar refractivity (Wildman–Crippen MR) is 84.4 cm³/mol. The minimum Gasteiger partial charge on any atom is -0.352 e. The lowest BCUT2D eigenvalue weighted by Gasteiger charge is -2.05. The Morgan fingerprint density at radius 3 is 2.35 bits per heavy atom. The lowest BCUT2D eigenvalue weighted by atomic mass is 10.2. The van der Waals surface area contributed by atoms with Gasteiger partial charge in [0.2, 0.25) is 10.0 Å². The highest BCUT2D eigenvalue weighted by molar-refractivity contribution is 7.89. The molecule has 1 aromatic carbocycles. The van der Waals surface area contributed by atoms with Crippen molar-refractivity contribution in [3.05, 3.63) is 29.8 Å². The van der Waals surface area contributed by atoms with Gasteiger partial charge in [-0.3, -0.25) is 4.79 Å². The van der Waals surface area contributed by atoms with Crippen molar-refractivity contribution in [1.82, 2.24) is 5.32 Å². The first-order valence-electron chi connectivity index (χ1n) is 7.01. The van der Waals surface area contributed by atoms with E-state index in [2.05, 4.69) is 9.84 Å². The molecule has 0 aromatic heterocycles. The van der Waals surface area contributed by atoms with E-state index in [1.807, 2.05) is 0 Å². The van der Waals surface area contributed by atoms with Gasteiger partial charge in [0, 0.05) is 16.7 Å². The fraction of sp³-hybridized carbons (Fsp3) is 0.462. The largest absolute Gasteiger partial charge is 0.694 e. The van der Waals surface area contributed by atoms with Crippen LogP contribution in [-0.4, -0.2) is 32.4 Å². The Kier molecular flexibility index (Phi) is 8.29. The first-order valence-corrected chi connectivity index (χ1v) is 9.68. The third kappa shape index (κ3) is 8.15. The van der Waals surface area contributed by atoms with E-state index in [-0.39, 0.29) is 17.4 Å². The molecule has 0 aliphatic rings. The number of nitrogens with one attached hydrogen (secondary N) is 1. The van der Waals surface area contributed by atoms with Crippen molar-refractivity contribution in [3.8, 4) is 0 Å². The van der Waals surface area contributed by atoms with Crippen LogP contribution in [0.5, 0.6) is 0 Å². The van der Waals surface area contributed by atoms with Gasteiger partial charge >= 0.3 is 8.25 Å². The molecule has 0 spiro atoms. The first-order chi connectivity index (χ1) is 10.8. The SMILES string of the molecule is NS(=O)(=O)c1ccc(C(=O)NCCCCCCO[P+](=O)O)cc1. The van der Waals surface area contributed by atoms with Crippen LogP contribution < -0.4 is 10.5 Å². The van der Waals surface area contributed by atoms with Crippen LogP contribution in [-0.2, 0) is 19.1 Å². The summed E-state index contributed by atoms with van der Waals surface area (Å²) in [7, 11) is -6.28. The molecule has 0 heterocycles. The number of unbranched alkanes of at least 4 members (excludes halogenated alkanes) is 3. The molecule has 8 nitrogen and oxygen atoms in total. The summed E-state index contributed by atoms with van der Waals surface area (Å²) in [5.41, 5.74) is 0.359. The van der Waals surface area contributed by atoms with E-state index >= 15 is 0 Å². The number of nitrogens with two attached hydrogens (primary N) is 1. The van der Waals surface area contributed by atoms with E-state index in [9.17, 15) is 17.8 Å². The maximum atomic E-state index is 11.8. The molecule has 0 aliphatic heterocycles. The normalized spacial score (nSPS) is 12.0. The molecule has 1 aromatic rings. The molecule has 0 radical (unpaired) electrons. The number of rotatable bonds is 10. The molecule has 10 heteroatoms. The molecule has 23 heavy (non-hydrogen) atoms. The molecular formula is C13H20N2O6PS+.